The molecule has 0 radical (unpaired) electrons. The molecule has 0 aromatic heterocycles. The zero-order chi connectivity index (χ0) is 23.0. The molecular formula is C21H21ClN2O7. The first-order valence-corrected chi connectivity index (χ1v) is 9.35. The number of ether oxygens (including phenoxy) is 3. The Morgan fingerprint density at radius 3 is 2.29 bits per heavy atom. The number of hydrogen-bond acceptors (Lipinski definition) is 7. The van der Waals surface area contributed by atoms with Crippen molar-refractivity contribution in [2.45, 2.75) is 6.54 Å². The van der Waals surface area contributed by atoms with Crippen LogP contribution >= 0.6 is 11.6 Å². The Bertz CT molecular complexity index is 985. The number of methoxy groups -OCH3 is 3. The van der Waals surface area contributed by atoms with Crippen LogP contribution in [-0.4, -0.2) is 49.6 Å². The van der Waals surface area contributed by atoms with E-state index in [4.69, 9.17) is 21.1 Å². The highest BCUT2D eigenvalue weighted by atomic mass is 35.5. The molecule has 0 spiro atoms. The van der Waals surface area contributed by atoms with E-state index in [0.717, 1.165) is 0 Å². The first kappa shape index (κ1) is 23.7. The standard InChI is InChI=1S/C21H21ClN2O7/c1-29-16-8-15(9-17(11-16)30-2)12-23(13-21(26)31-3)20(25)7-5-14-4-6-18(22)19(10-14)24(27)28/h4-11H,12-13H2,1-3H3/b7-5+. The molecule has 9 nitrogen and oxygen atoms in total. The number of nitro benzene ring substituents is 1. The second-order valence-electron chi connectivity index (χ2n) is 6.29. The Morgan fingerprint density at radius 2 is 1.74 bits per heavy atom. The average molecular weight is 449 g/mol. The van der Waals surface area contributed by atoms with E-state index in [-0.39, 0.29) is 23.8 Å². The third-order valence-electron chi connectivity index (χ3n) is 4.23. The van der Waals surface area contributed by atoms with Gasteiger partial charge in [-0.05, 0) is 35.4 Å². The van der Waals surface area contributed by atoms with Crippen LogP contribution in [0.3, 0.4) is 0 Å². The maximum absolute atomic E-state index is 12.8. The van der Waals surface area contributed by atoms with Gasteiger partial charge in [0.25, 0.3) is 5.69 Å². The second kappa shape index (κ2) is 11.0. The number of rotatable bonds is 9. The Labute approximate surface area is 183 Å². The van der Waals surface area contributed by atoms with E-state index in [0.29, 0.717) is 22.6 Å². The highest BCUT2D eigenvalue weighted by Crippen LogP contribution is 2.26. The second-order valence-corrected chi connectivity index (χ2v) is 6.70. The minimum atomic E-state index is -0.610. The van der Waals surface area contributed by atoms with Crippen LogP contribution in [0.25, 0.3) is 6.08 Å². The van der Waals surface area contributed by atoms with Crippen molar-refractivity contribution in [1.82, 2.24) is 4.90 Å². The summed E-state index contributed by atoms with van der Waals surface area (Å²) in [5.41, 5.74) is 0.806. The maximum atomic E-state index is 12.8. The maximum Gasteiger partial charge on any atom is 0.325 e. The van der Waals surface area contributed by atoms with Crippen LogP contribution in [0.15, 0.2) is 42.5 Å². The lowest BCUT2D eigenvalue weighted by atomic mass is 10.1. The minimum Gasteiger partial charge on any atom is -0.497 e. The summed E-state index contributed by atoms with van der Waals surface area (Å²) < 4.78 is 15.1. The molecule has 2 rings (SSSR count). The Kier molecular flexibility index (Phi) is 8.39. The third-order valence-corrected chi connectivity index (χ3v) is 4.55. The van der Waals surface area contributed by atoms with Crippen molar-refractivity contribution in [3.05, 3.63) is 68.7 Å². The Hall–Kier alpha value is -3.59. The van der Waals surface area contributed by atoms with Crippen LogP contribution in [0.5, 0.6) is 11.5 Å². The van der Waals surface area contributed by atoms with Gasteiger partial charge in [-0.25, -0.2) is 0 Å². The van der Waals surface area contributed by atoms with E-state index in [1.165, 1.54) is 56.6 Å². The number of carbonyl (C=O) groups excluding carboxylic acids is 2. The van der Waals surface area contributed by atoms with Crippen molar-refractivity contribution in [2.75, 3.05) is 27.9 Å². The fourth-order valence-electron chi connectivity index (χ4n) is 2.66. The number of benzene rings is 2. The van der Waals surface area contributed by atoms with E-state index in [9.17, 15) is 19.7 Å². The van der Waals surface area contributed by atoms with Gasteiger partial charge in [0.2, 0.25) is 5.91 Å². The molecule has 0 bridgehead atoms. The molecule has 0 aliphatic rings. The van der Waals surface area contributed by atoms with Gasteiger partial charge in [-0.1, -0.05) is 17.7 Å². The molecule has 0 aliphatic carbocycles. The number of esters is 1. The van der Waals surface area contributed by atoms with E-state index in [1.807, 2.05) is 0 Å². The summed E-state index contributed by atoms with van der Waals surface area (Å²) in [6.45, 7) is -0.216. The van der Waals surface area contributed by atoms with Gasteiger partial charge >= 0.3 is 5.97 Å². The lowest BCUT2D eigenvalue weighted by Gasteiger charge is -2.20. The van der Waals surface area contributed by atoms with Crippen molar-refractivity contribution >= 4 is 35.2 Å². The largest absolute Gasteiger partial charge is 0.497 e. The Morgan fingerprint density at radius 1 is 1.10 bits per heavy atom. The molecule has 2 aromatic carbocycles. The van der Waals surface area contributed by atoms with Gasteiger partial charge in [0.05, 0.1) is 26.3 Å². The summed E-state index contributed by atoms with van der Waals surface area (Å²) in [7, 11) is 4.23. The normalized spacial score (nSPS) is 10.6. The van der Waals surface area contributed by atoms with Crippen molar-refractivity contribution in [2.24, 2.45) is 0 Å². The molecular weight excluding hydrogens is 428 g/mol. The monoisotopic (exact) mass is 448 g/mol. The zero-order valence-corrected chi connectivity index (χ0v) is 17.9. The predicted molar refractivity (Wildman–Crippen MR) is 114 cm³/mol. The number of amides is 1. The van der Waals surface area contributed by atoms with Crippen LogP contribution in [0.4, 0.5) is 5.69 Å². The lowest BCUT2D eigenvalue weighted by Crippen LogP contribution is -2.34. The molecule has 0 atom stereocenters. The van der Waals surface area contributed by atoms with Gasteiger partial charge in [0.1, 0.15) is 23.1 Å². The first-order chi connectivity index (χ1) is 14.8. The number of nitrogens with zero attached hydrogens (tertiary/aromatic N) is 2. The van der Waals surface area contributed by atoms with Crippen LogP contribution in [0.2, 0.25) is 5.02 Å². The molecule has 0 saturated heterocycles. The molecule has 10 heteroatoms. The van der Waals surface area contributed by atoms with Crippen LogP contribution in [0, 0.1) is 10.1 Å². The van der Waals surface area contributed by atoms with Gasteiger partial charge in [0, 0.05) is 24.8 Å². The molecule has 0 aliphatic heterocycles. The molecule has 0 saturated carbocycles. The quantitative estimate of drug-likeness (QED) is 0.250. The summed E-state index contributed by atoms with van der Waals surface area (Å²) in [5.74, 6) is -0.0313. The van der Waals surface area contributed by atoms with Crippen LogP contribution in [-0.2, 0) is 20.9 Å². The summed E-state index contributed by atoms with van der Waals surface area (Å²) in [5, 5.41) is 11.0. The SMILES string of the molecule is COC(=O)CN(Cc1cc(OC)cc(OC)c1)C(=O)/C=C/c1ccc(Cl)c([N+](=O)[O-])c1. The molecule has 164 valence electrons. The zero-order valence-electron chi connectivity index (χ0n) is 17.2. The fraction of sp³-hybridized carbons (Fsp3) is 0.238. The van der Waals surface area contributed by atoms with E-state index in [1.54, 1.807) is 18.2 Å². The first-order valence-electron chi connectivity index (χ1n) is 8.97. The molecule has 0 heterocycles. The Balaban J connectivity index is 2.28. The van der Waals surface area contributed by atoms with Gasteiger partial charge in [-0.2, -0.15) is 0 Å². The summed E-state index contributed by atoms with van der Waals surface area (Å²) in [6, 6.07) is 9.28. The molecule has 0 N–H and O–H groups in total. The number of nitro groups is 1. The van der Waals surface area contributed by atoms with Crippen molar-refractivity contribution in [3.63, 3.8) is 0 Å². The van der Waals surface area contributed by atoms with E-state index >= 15 is 0 Å². The molecule has 31 heavy (non-hydrogen) atoms. The van der Waals surface area contributed by atoms with Crippen molar-refractivity contribution < 1.29 is 28.7 Å². The number of halogens is 1. The van der Waals surface area contributed by atoms with Crippen LogP contribution < -0.4 is 9.47 Å². The van der Waals surface area contributed by atoms with Crippen LogP contribution in [0.1, 0.15) is 11.1 Å². The lowest BCUT2D eigenvalue weighted by molar-refractivity contribution is -0.384. The third kappa shape index (κ3) is 6.71. The summed E-state index contributed by atoms with van der Waals surface area (Å²) in [6.07, 6.45) is 2.62. The topological polar surface area (TPSA) is 108 Å². The predicted octanol–water partition coefficient (Wildman–Crippen LogP) is 3.48. The van der Waals surface area contributed by atoms with Crippen molar-refractivity contribution in [3.8, 4) is 11.5 Å². The highest BCUT2D eigenvalue weighted by molar-refractivity contribution is 6.32. The van der Waals surface area contributed by atoms with Gasteiger partial charge in [-0.3, -0.25) is 19.7 Å². The van der Waals surface area contributed by atoms with Gasteiger partial charge < -0.3 is 19.1 Å². The summed E-state index contributed by atoms with van der Waals surface area (Å²) in [4.78, 5) is 36.3. The minimum absolute atomic E-state index is 0.00670. The van der Waals surface area contributed by atoms with Gasteiger partial charge in [-0.15, -0.1) is 0 Å². The average Bonchev–Trinajstić information content (AvgIpc) is 2.77. The molecule has 1 amide bonds. The number of carbonyl (C=O) groups is 2. The molecule has 0 unspecified atom stereocenters. The van der Waals surface area contributed by atoms with Crippen molar-refractivity contribution in [1.29, 1.82) is 0 Å². The van der Waals surface area contributed by atoms with E-state index in [2.05, 4.69) is 4.74 Å². The molecule has 0 fully saturated rings. The summed E-state index contributed by atoms with van der Waals surface area (Å²) >= 11 is 5.80. The fourth-order valence-corrected chi connectivity index (χ4v) is 2.84. The molecule has 2 aromatic rings. The van der Waals surface area contributed by atoms with E-state index < -0.39 is 16.8 Å². The van der Waals surface area contributed by atoms with Gasteiger partial charge in [0.15, 0.2) is 0 Å². The number of hydrogen-bond donors (Lipinski definition) is 0. The smallest absolute Gasteiger partial charge is 0.325 e. The highest BCUT2D eigenvalue weighted by Gasteiger charge is 2.18.